The number of benzene rings is 1. The second kappa shape index (κ2) is 10.1. The van der Waals surface area contributed by atoms with Crippen LogP contribution >= 0.6 is 23.2 Å². The van der Waals surface area contributed by atoms with Gasteiger partial charge in [0.2, 0.25) is 0 Å². The van der Waals surface area contributed by atoms with E-state index < -0.39 is 45.4 Å². The molecule has 1 amide bonds. The summed E-state index contributed by atoms with van der Waals surface area (Å²) in [7, 11) is 0. The lowest BCUT2D eigenvalue weighted by molar-refractivity contribution is -0.118. The summed E-state index contributed by atoms with van der Waals surface area (Å²) in [6.45, 7) is 0.368. The third kappa shape index (κ3) is 5.61. The van der Waals surface area contributed by atoms with Crippen molar-refractivity contribution in [3.05, 3.63) is 58.9 Å². The number of anilines is 1. The van der Waals surface area contributed by atoms with Crippen LogP contribution in [0.5, 0.6) is 0 Å². The molecule has 11 heteroatoms. The van der Waals surface area contributed by atoms with E-state index in [9.17, 15) is 22.4 Å². The maximum absolute atomic E-state index is 13.6. The van der Waals surface area contributed by atoms with Crippen LogP contribution in [0.4, 0.5) is 23.2 Å². The van der Waals surface area contributed by atoms with Crippen molar-refractivity contribution in [2.45, 2.75) is 23.2 Å². The molecule has 0 radical (unpaired) electrons. The highest BCUT2D eigenvalue weighted by molar-refractivity contribution is 6.41. The second-order valence-electron chi connectivity index (χ2n) is 6.14. The lowest BCUT2D eigenvalue weighted by Gasteiger charge is -2.26. The van der Waals surface area contributed by atoms with Crippen molar-refractivity contribution in [3.63, 3.8) is 0 Å². The number of hydrogen-bond acceptors (Lipinski definition) is 4. The average molecular weight is 463 g/mol. The minimum atomic E-state index is -1.88. The molecule has 0 aliphatic heterocycles. The number of nitrogens with one attached hydrogen (secondary N) is 1. The summed E-state index contributed by atoms with van der Waals surface area (Å²) in [5, 5.41) is 1.62. The summed E-state index contributed by atoms with van der Waals surface area (Å²) >= 11 is 12.1. The zero-order valence-electron chi connectivity index (χ0n) is 15.3. The molecular weight excluding hydrogens is 447 g/mol. The van der Waals surface area contributed by atoms with E-state index in [0.717, 1.165) is 0 Å². The van der Waals surface area contributed by atoms with Crippen LogP contribution in [0, 0.1) is 35.4 Å². The van der Waals surface area contributed by atoms with Gasteiger partial charge in [0, 0.05) is 11.3 Å². The summed E-state index contributed by atoms with van der Waals surface area (Å²) in [5.74, 6) is -3.35. The van der Waals surface area contributed by atoms with Crippen molar-refractivity contribution < 1.29 is 22.4 Å². The number of alkyl halides is 2. The molecule has 0 spiro atoms. The fourth-order valence-corrected chi connectivity index (χ4v) is 2.65. The number of amides is 1. The molecule has 1 aromatic heterocycles. The molecule has 2 aromatic rings. The molecule has 2 rings (SSSR count). The quantitative estimate of drug-likeness (QED) is 0.202. The first-order valence-corrected chi connectivity index (χ1v) is 9.34. The van der Waals surface area contributed by atoms with Crippen LogP contribution in [-0.4, -0.2) is 27.8 Å². The van der Waals surface area contributed by atoms with Crippen molar-refractivity contribution in [3.8, 4) is 11.8 Å². The topological polar surface area (TPSA) is 94.0 Å². The summed E-state index contributed by atoms with van der Waals surface area (Å²) in [4.78, 5) is 12.9. The molecule has 30 heavy (non-hydrogen) atoms. The van der Waals surface area contributed by atoms with Crippen molar-refractivity contribution in [1.29, 1.82) is 0 Å². The van der Waals surface area contributed by atoms with E-state index in [2.05, 4.69) is 16.2 Å². The normalized spacial score (nSPS) is 13.7. The number of carbonyl (C=O) groups excluding carboxylic acids is 1. The predicted molar refractivity (Wildman–Crippen MR) is 106 cm³/mol. The van der Waals surface area contributed by atoms with Gasteiger partial charge < -0.3 is 16.8 Å². The van der Waals surface area contributed by atoms with E-state index in [-0.39, 0.29) is 5.56 Å². The van der Waals surface area contributed by atoms with Crippen molar-refractivity contribution in [1.82, 2.24) is 4.98 Å². The summed E-state index contributed by atoms with van der Waals surface area (Å²) in [6, 6.07) is 5.62. The van der Waals surface area contributed by atoms with Crippen molar-refractivity contribution in [2.75, 3.05) is 11.9 Å². The van der Waals surface area contributed by atoms with E-state index in [4.69, 9.17) is 34.7 Å². The SMILES string of the molecule is NCCCC(Cl)C(N)(Cl)C(=O)Nc1ccc(C#Cc2c(F)c(F)nc(F)c2F)cc1. The number of nitrogens with zero attached hydrogens (tertiary/aromatic N) is 1. The molecule has 0 saturated carbocycles. The first-order chi connectivity index (χ1) is 14.1. The average Bonchev–Trinajstić information content (AvgIpc) is 2.71. The first-order valence-electron chi connectivity index (χ1n) is 8.53. The fraction of sp³-hybridized carbons (Fsp3) is 0.263. The molecule has 2 atom stereocenters. The maximum atomic E-state index is 13.6. The molecule has 0 aliphatic rings. The Kier molecular flexibility index (Phi) is 8.03. The highest BCUT2D eigenvalue weighted by Crippen LogP contribution is 2.25. The molecule has 1 aromatic carbocycles. The van der Waals surface area contributed by atoms with Gasteiger partial charge in [-0.05, 0) is 43.7 Å². The van der Waals surface area contributed by atoms with Gasteiger partial charge in [-0.15, -0.1) is 11.6 Å². The van der Waals surface area contributed by atoms with Gasteiger partial charge in [-0.1, -0.05) is 23.4 Å². The van der Waals surface area contributed by atoms with Crippen molar-refractivity contribution >= 4 is 34.8 Å². The van der Waals surface area contributed by atoms with Crippen LogP contribution in [0.2, 0.25) is 0 Å². The smallest absolute Gasteiger partial charge is 0.261 e. The maximum Gasteiger partial charge on any atom is 0.261 e. The number of nitrogens with two attached hydrogens (primary N) is 2. The van der Waals surface area contributed by atoms with Crippen molar-refractivity contribution in [2.24, 2.45) is 11.5 Å². The van der Waals surface area contributed by atoms with E-state index in [0.29, 0.717) is 25.1 Å². The Hall–Kier alpha value is -2.38. The lowest BCUT2D eigenvalue weighted by atomic mass is 10.1. The van der Waals surface area contributed by atoms with Gasteiger partial charge in [-0.3, -0.25) is 4.79 Å². The number of halogens is 6. The van der Waals surface area contributed by atoms with Gasteiger partial charge in [-0.2, -0.15) is 13.8 Å². The summed E-state index contributed by atoms with van der Waals surface area (Å²) in [5.41, 5.74) is 10.7. The standard InChI is InChI=1S/C19H16Cl2F4N4O/c20-13(2-1-9-26)19(21,27)18(30)28-11-6-3-10(4-7-11)5-8-12-14(22)16(24)29-17(25)15(12)23/h3-4,6-7,13H,1-2,9,26-27H2,(H,28,30). The molecule has 2 unspecified atom stereocenters. The predicted octanol–water partition coefficient (Wildman–Crippen LogP) is 3.22. The number of aromatic nitrogens is 1. The fourth-order valence-electron chi connectivity index (χ4n) is 2.24. The lowest BCUT2D eigenvalue weighted by Crippen LogP contribution is -2.53. The zero-order valence-corrected chi connectivity index (χ0v) is 16.8. The van der Waals surface area contributed by atoms with E-state index in [1.807, 2.05) is 5.92 Å². The van der Waals surface area contributed by atoms with Gasteiger partial charge in [0.1, 0.15) is 5.56 Å². The highest BCUT2D eigenvalue weighted by Gasteiger charge is 2.39. The Morgan fingerprint density at radius 3 is 2.23 bits per heavy atom. The monoisotopic (exact) mass is 462 g/mol. The molecule has 0 bridgehead atoms. The first kappa shape index (κ1) is 23.9. The molecule has 5 nitrogen and oxygen atoms in total. The minimum Gasteiger partial charge on any atom is -0.330 e. The molecule has 0 fully saturated rings. The largest absolute Gasteiger partial charge is 0.330 e. The number of rotatable bonds is 6. The van der Waals surface area contributed by atoms with Crippen LogP contribution in [0.1, 0.15) is 24.0 Å². The van der Waals surface area contributed by atoms with Gasteiger partial charge in [-0.25, -0.2) is 8.78 Å². The molecule has 1 heterocycles. The molecule has 5 N–H and O–H groups in total. The van der Waals surface area contributed by atoms with E-state index >= 15 is 0 Å². The molecule has 160 valence electrons. The number of carbonyl (C=O) groups is 1. The summed E-state index contributed by atoms with van der Waals surface area (Å²) in [6.07, 6.45) is 0.871. The number of hydrogen-bond donors (Lipinski definition) is 3. The Labute approximate surface area is 179 Å². The molecule has 0 saturated heterocycles. The van der Waals surface area contributed by atoms with Crippen LogP contribution in [0.25, 0.3) is 0 Å². The highest BCUT2D eigenvalue weighted by atomic mass is 35.5. The molecule has 0 aliphatic carbocycles. The Morgan fingerprint density at radius 2 is 1.70 bits per heavy atom. The van der Waals surface area contributed by atoms with Gasteiger partial charge in [0.05, 0.1) is 5.38 Å². The Balaban J connectivity index is 2.14. The zero-order chi connectivity index (χ0) is 22.5. The van der Waals surface area contributed by atoms with E-state index in [1.165, 1.54) is 24.3 Å². The Morgan fingerprint density at radius 1 is 1.13 bits per heavy atom. The second-order valence-corrected chi connectivity index (χ2v) is 7.30. The van der Waals surface area contributed by atoms with Gasteiger partial charge >= 0.3 is 0 Å². The van der Waals surface area contributed by atoms with Gasteiger partial charge in [0.15, 0.2) is 16.6 Å². The minimum absolute atomic E-state index is 0.243. The number of pyridine rings is 1. The third-order valence-electron chi connectivity index (χ3n) is 3.94. The Bertz CT molecular complexity index is 965. The van der Waals surface area contributed by atoms with Crippen LogP contribution in [0.3, 0.4) is 0 Å². The summed E-state index contributed by atoms with van der Waals surface area (Å²) < 4.78 is 53.4. The van der Waals surface area contributed by atoms with Gasteiger partial charge in [0.25, 0.3) is 17.8 Å². The van der Waals surface area contributed by atoms with Crippen LogP contribution in [0.15, 0.2) is 24.3 Å². The van der Waals surface area contributed by atoms with E-state index in [1.54, 1.807) is 0 Å². The van der Waals surface area contributed by atoms with Crippen LogP contribution in [-0.2, 0) is 4.79 Å². The third-order valence-corrected chi connectivity index (χ3v) is 5.05. The van der Waals surface area contributed by atoms with Crippen LogP contribution < -0.4 is 16.8 Å². The molecular formula is C19H16Cl2F4N4O.